The summed E-state index contributed by atoms with van der Waals surface area (Å²) in [6.45, 7) is 4.52. The second-order valence-electron chi connectivity index (χ2n) is 4.45. The van der Waals surface area contributed by atoms with Crippen molar-refractivity contribution in [3.63, 3.8) is 0 Å². The van der Waals surface area contributed by atoms with E-state index in [1.807, 2.05) is 13.8 Å². The molecule has 0 bridgehead atoms. The van der Waals surface area contributed by atoms with E-state index in [2.05, 4.69) is 5.32 Å². The van der Waals surface area contributed by atoms with Crippen molar-refractivity contribution in [3.8, 4) is 0 Å². The molecule has 18 heavy (non-hydrogen) atoms. The van der Waals surface area contributed by atoms with E-state index in [0.29, 0.717) is 12.1 Å². The molecule has 2 nitrogen and oxygen atoms in total. The van der Waals surface area contributed by atoms with Crippen LogP contribution in [0.4, 0.5) is 8.78 Å². The van der Waals surface area contributed by atoms with E-state index in [1.165, 1.54) is 6.07 Å². The van der Waals surface area contributed by atoms with Gasteiger partial charge in [0.15, 0.2) is 11.6 Å². The van der Waals surface area contributed by atoms with Crippen molar-refractivity contribution in [1.82, 2.24) is 5.32 Å². The summed E-state index contributed by atoms with van der Waals surface area (Å²) in [7, 11) is -0.826. The van der Waals surface area contributed by atoms with Crippen molar-refractivity contribution in [2.45, 2.75) is 31.6 Å². The normalized spacial score (nSPS) is 16.3. The molecular weight excluding hydrogens is 256 g/mol. The molecule has 0 amide bonds. The predicted octanol–water partition coefficient (Wildman–Crippen LogP) is 2.77. The SMILES string of the molecule is CC(NCCC(C)S(C)=O)c1ccc(F)c(F)c1. The smallest absolute Gasteiger partial charge is 0.159 e. The molecule has 3 unspecified atom stereocenters. The first-order valence-corrected chi connectivity index (χ1v) is 7.54. The topological polar surface area (TPSA) is 29.1 Å². The zero-order valence-corrected chi connectivity index (χ0v) is 11.7. The molecule has 3 atom stereocenters. The molecule has 5 heteroatoms. The van der Waals surface area contributed by atoms with Crippen LogP contribution in [-0.2, 0) is 10.8 Å². The molecule has 1 aromatic carbocycles. The van der Waals surface area contributed by atoms with Gasteiger partial charge in [-0.1, -0.05) is 13.0 Å². The number of hydrogen-bond acceptors (Lipinski definition) is 2. The Balaban J connectivity index is 2.47. The van der Waals surface area contributed by atoms with Crippen molar-refractivity contribution in [2.24, 2.45) is 0 Å². The molecule has 1 N–H and O–H groups in total. The van der Waals surface area contributed by atoms with E-state index in [1.54, 1.807) is 12.3 Å². The number of rotatable bonds is 6. The first-order chi connectivity index (χ1) is 8.41. The largest absolute Gasteiger partial charge is 0.310 e. The van der Waals surface area contributed by atoms with Gasteiger partial charge in [0.1, 0.15) is 0 Å². The van der Waals surface area contributed by atoms with Gasteiger partial charge in [-0.05, 0) is 37.6 Å². The molecule has 0 fully saturated rings. The summed E-state index contributed by atoms with van der Waals surface area (Å²) in [4.78, 5) is 0. The molecule has 0 aromatic heterocycles. The van der Waals surface area contributed by atoms with Crippen LogP contribution in [0.3, 0.4) is 0 Å². The number of benzene rings is 1. The summed E-state index contributed by atoms with van der Waals surface area (Å²) in [6, 6.07) is 3.84. The summed E-state index contributed by atoms with van der Waals surface area (Å²) in [5.41, 5.74) is 0.708. The summed E-state index contributed by atoms with van der Waals surface area (Å²) in [5.74, 6) is -1.66. The maximum atomic E-state index is 13.1. The van der Waals surface area contributed by atoms with Crippen molar-refractivity contribution in [1.29, 1.82) is 0 Å². The maximum Gasteiger partial charge on any atom is 0.159 e. The lowest BCUT2D eigenvalue weighted by Gasteiger charge is -2.16. The fourth-order valence-electron chi connectivity index (χ4n) is 1.57. The van der Waals surface area contributed by atoms with Crippen LogP contribution in [-0.4, -0.2) is 22.3 Å². The molecule has 0 radical (unpaired) electrons. The maximum absolute atomic E-state index is 13.1. The Hall–Kier alpha value is -0.810. The minimum Gasteiger partial charge on any atom is -0.310 e. The van der Waals surface area contributed by atoms with E-state index in [9.17, 15) is 13.0 Å². The van der Waals surface area contributed by atoms with Gasteiger partial charge >= 0.3 is 0 Å². The molecule has 0 heterocycles. The fourth-order valence-corrected chi connectivity index (χ4v) is 2.02. The number of hydrogen-bond donors (Lipinski definition) is 1. The molecule has 1 aromatic rings. The van der Waals surface area contributed by atoms with Crippen LogP contribution in [0, 0.1) is 11.6 Å². The highest BCUT2D eigenvalue weighted by Gasteiger charge is 2.10. The highest BCUT2D eigenvalue weighted by atomic mass is 32.2. The Bertz CT molecular complexity index is 425. The lowest BCUT2D eigenvalue weighted by molar-refractivity contribution is 0.499. The van der Waals surface area contributed by atoms with Gasteiger partial charge in [-0.2, -0.15) is 0 Å². The van der Waals surface area contributed by atoms with E-state index < -0.39 is 22.4 Å². The fraction of sp³-hybridized carbons (Fsp3) is 0.538. The second kappa shape index (κ2) is 6.95. The Morgan fingerprint density at radius 2 is 1.94 bits per heavy atom. The van der Waals surface area contributed by atoms with Crippen LogP contribution in [0.1, 0.15) is 31.9 Å². The molecule has 0 saturated carbocycles. The van der Waals surface area contributed by atoms with Gasteiger partial charge in [-0.15, -0.1) is 0 Å². The molecule has 102 valence electrons. The third-order valence-electron chi connectivity index (χ3n) is 3.01. The van der Waals surface area contributed by atoms with E-state index in [4.69, 9.17) is 0 Å². The summed E-state index contributed by atoms with van der Waals surface area (Å²) < 4.78 is 37.0. The van der Waals surface area contributed by atoms with Crippen LogP contribution in [0.25, 0.3) is 0 Å². The quantitative estimate of drug-likeness (QED) is 0.865. The first kappa shape index (κ1) is 15.2. The van der Waals surface area contributed by atoms with Crippen molar-refractivity contribution < 1.29 is 13.0 Å². The Kier molecular flexibility index (Phi) is 5.88. The average Bonchev–Trinajstić information content (AvgIpc) is 2.32. The van der Waals surface area contributed by atoms with Crippen LogP contribution >= 0.6 is 0 Å². The Morgan fingerprint density at radius 1 is 1.28 bits per heavy atom. The van der Waals surface area contributed by atoms with Crippen molar-refractivity contribution in [2.75, 3.05) is 12.8 Å². The Labute approximate surface area is 109 Å². The zero-order valence-electron chi connectivity index (χ0n) is 10.9. The highest BCUT2D eigenvalue weighted by molar-refractivity contribution is 7.84. The number of halogens is 2. The summed E-state index contributed by atoms with van der Waals surface area (Å²) >= 11 is 0. The van der Waals surface area contributed by atoms with Gasteiger partial charge in [0.05, 0.1) is 0 Å². The van der Waals surface area contributed by atoms with Crippen LogP contribution < -0.4 is 5.32 Å². The molecule has 0 saturated heterocycles. The van der Waals surface area contributed by atoms with Gasteiger partial charge < -0.3 is 5.32 Å². The summed E-state index contributed by atoms with van der Waals surface area (Å²) in [6.07, 6.45) is 2.47. The minimum absolute atomic E-state index is 0.0578. The molecule has 0 aliphatic carbocycles. The molecule has 1 rings (SSSR count). The van der Waals surface area contributed by atoms with E-state index >= 15 is 0 Å². The lowest BCUT2D eigenvalue weighted by atomic mass is 10.1. The van der Waals surface area contributed by atoms with E-state index in [0.717, 1.165) is 12.5 Å². The van der Waals surface area contributed by atoms with Crippen LogP contribution in [0.2, 0.25) is 0 Å². The highest BCUT2D eigenvalue weighted by Crippen LogP contribution is 2.16. The minimum atomic E-state index is -0.832. The van der Waals surface area contributed by atoms with Crippen molar-refractivity contribution in [3.05, 3.63) is 35.4 Å². The molecular formula is C13H19F2NOS. The summed E-state index contributed by atoms with van der Waals surface area (Å²) in [5, 5.41) is 3.34. The third kappa shape index (κ3) is 4.46. The molecule has 0 aliphatic rings. The van der Waals surface area contributed by atoms with Gasteiger partial charge in [0.2, 0.25) is 0 Å². The van der Waals surface area contributed by atoms with Crippen LogP contribution in [0.5, 0.6) is 0 Å². The predicted molar refractivity (Wildman–Crippen MR) is 70.9 cm³/mol. The van der Waals surface area contributed by atoms with Crippen molar-refractivity contribution >= 4 is 10.8 Å². The first-order valence-electron chi connectivity index (χ1n) is 5.92. The lowest BCUT2D eigenvalue weighted by Crippen LogP contribution is -2.24. The van der Waals surface area contributed by atoms with E-state index in [-0.39, 0.29) is 11.3 Å². The molecule has 0 aliphatic heterocycles. The molecule has 0 spiro atoms. The van der Waals surface area contributed by atoms with Gasteiger partial charge in [0, 0.05) is 28.3 Å². The van der Waals surface area contributed by atoms with Gasteiger partial charge in [-0.25, -0.2) is 8.78 Å². The second-order valence-corrected chi connectivity index (χ2v) is 6.25. The average molecular weight is 275 g/mol. The zero-order chi connectivity index (χ0) is 13.7. The number of nitrogens with one attached hydrogen (secondary N) is 1. The third-order valence-corrected chi connectivity index (χ3v) is 4.38. The standard InChI is InChI=1S/C13H19F2NOS/c1-9(18(3)17)6-7-16-10(2)11-4-5-12(14)13(15)8-11/h4-5,8-10,16H,6-7H2,1-3H3. The van der Waals surface area contributed by atoms with Gasteiger partial charge in [-0.3, -0.25) is 4.21 Å². The van der Waals surface area contributed by atoms with Crippen LogP contribution in [0.15, 0.2) is 18.2 Å². The Morgan fingerprint density at radius 3 is 2.50 bits per heavy atom. The monoisotopic (exact) mass is 275 g/mol. The van der Waals surface area contributed by atoms with Gasteiger partial charge in [0.25, 0.3) is 0 Å².